The zero-order chi connectivity index (χ0) is 16.0. The van der Waals surface area contributed by atoms with Crippen LogP contribution in [0.2, 0.25) is 0 Å². The van der Waals surface area contributed by atoms with Crippen molar-refractivity contribution < 1.29 is 4.79 Å². The maximum Gasteiger partial charge on any atom is 0.274 e. The summed E-state index contributed by atoms with van der Waals surface area (Å²) in [6.45, 7) is 1.23. The number of carbonyl (C=O) groups excluding carboxylic acids is 1. The molecule has 0 atom stereocenters. The van der Waals surface area contributed by atoms with Crippen LogP contribution in [-0.4, -0.2) is 31.9 Å². The summed E-state index contributed by atoms with van der Waals surface area (Å²) in [6, 6.07) is 7.72. The molecule has 0 unspecified atom stereocenters. The number of nitrogens with zero attached hydrogens (tertiary/aromatic N) is 4. The Morgan fingerprint density at radius 2 is 2.04 bits per heavy atom. The molecule has 5 nitrogen and oxygen atoms in total. The molecule has 0 saturated heterocycles. The number of amides is 1. The van der Waals surface area contributed by atoms with Gasteiger partial charge in [-0.25, -0.2) is 4.52 Å². The van der Waals surface area contributed by atoms with Crippen molar-refractivity contribution in [2.45, 2.75) is 13.0 Å². The van der Waals surface area contributed by atoms with Crippen LogP contribution in [0.15, 0.2) is 45.6 Å². The van der Waals surface area contributed by atoms with E-state index in [0.29, 0.717) is 18.8 Å². The van der Waals surface area contributed by atoms with E-state index in [1.807, 2.05) is 35.4 Å². The van der Waals surface area contributed by atoms with Crippen LogP contribution in [0.1, 0.15) is 21.7 Å². The number of pyridine rings is 2. The van der Waals surface area contributed by atoms with Gasteiger partial charge in [0.15, 0.2) is 5.69 Å². The molecule has 0 N–H and O–H groups in total. The van der Waals surface area contributed by atoms with Crippen LogP contribution in [0.25, 0.3) is 5.52 Å². The smallest absolute Gasteiger partial charge is 0.274 e. The summed E-state index contributed by atoms with van der Waals surface area (Å²) in [5.74, 6) is -0.0459. The minimum absolute atomic E-state index is 0.0459. The van der Waals surface area contributed by atoms with Crippen LogP contribution in [0.3, 0.4) is 0 Å². The zero-order valence-corrected chi connectivity index (χ0v) is 15.2. The van der Waals surface area contributed by atoms with Gasteiger partial charge < -0.3 is 4.90 Å². The summed E-state index contributed by atoms with van der Waals surface area (Å²) in [5, 5.41) is 4.39. The van der Waals surface area contributed by atoms with Crippen LogP contribution < -0.4 is 0 Å². The zero-order valence-electron chi connectivity index (χ0n) is 12.0. The molecule has 0 bridgehead atoms. The van der Waals surface area contributed by atoms with Gasteiger partial charge in [0, 0.05) is 46.5 Å². The normalized spacial score (nSPS) is 14.1. The fourth-order valence-electron chi connectivity index (χ4n) is 2.80. The first kappa shape index (κ1) is 14.8. The second-order valence-electron chi connectivity index (χ2n) is 5.48. The maximum atomic E-state index is 12.8. The summed E-state index contributed by atoms with van der Waals surface area (Å²) in [4.78, 5) is 19.0. The van der Waals surface area contributed by atoms with Gasteiger partial charge in [-0.05, 0) is 61.7 Å². The first-order chi connectivity index (χ1) is 11.1. The van der Waals surface area contributed by atoms with Crippen molar-refractivity contribution in [3.05, 3.63) is 62.6 Å². The van der Waals surface area contributed by atoms with Crippen molar-refractivity contribution in [1.29, 1.82) is 0 Å². The molecule has 4 heterocycles. The van der Waals surface area contributed by atoms with E-state index in [1.165, 1.54) is 0 Å². The lowest BCUT2D eigenvalue weighted by molar-refractivity contribution is 0.0727. The van der Waals surface area contributed by atoms with Gasteiger partial charge in [0.25, 0.3) is 5.91 Å². The van der Waals surface area contributed by atoms with Gasteiger partial charge in [-0.2, -0.15) is 5.10 Å². The van der Waals surface area contributed by atoms with Crippen LogP contribution >= 0.6 is 31.9 Å². The summed E-state index contributed by atoms with van der Waals surface area (Å²) in [7, 11) is 0. The minimum Gasteiger partial charge on any atom is -0.332 e. The fraction of sp³-hybridized carbons (Fsp3) is 0.188. The molecule has 7 heteroatoms. The van der Waals surface area contributed by atoms with Crippen LogP contribution in [0, 0.1) is 0 Å². The third-order valence-corrected chi connectivity index (χ3v) is 4.84. The molecule has 0 spiro atoms. The number of halogens is 2. The van der Waals surface area contributed by atoms with Crippen LogP contribution in [0.5, 0.6) is 0 Å². The Morgan fingerprint density at radius 1 is 1.17 bits per heavy atom. The Morgan fingerprint density at radius 3 is 2.91 bits per heavy atom. The largest absolute Gasteiger partial charge is 0.332 e. The molecule has 1 amide bonds. The molecule has 4 rings (SSSR count). The topological polar surface area (TPSA) is 50.5 Å². The first-order valence-corrected chi connectivity index (χ1v) is 8.76. The second kappa shape index (κ2) is 5.72. The summed E-state index contributed by atoms with van der Waals surface area (Å²) in [5.41, 5.74) is 3.52. The summed E-state index contributed by atoms with van der Waals surface area (Å²) < 4.78 is 3.57. The average Bonchev–Trinajstić information content (AvgIpc) is 2.96. The number of carbonyl (C=O) groups is 1. The molecule has 3 aromatic rings. The van der Waals surface area contributed by atoms with Crippen molar-refractivity contribution in [1.82, 2.24) is 19.5 Å². The predicted octanol–water partition coefficient (Wildman–Crippen LogP) is 3.45. The molecular weight excluding hydrogens is 424 g/mol. The molecule has 0 saturated carbocycles. The highest BCUT2D eigenvalue weighted by Gasteiger charge is 2.24. The van der Waals surface area contributed by atoms with E-state index in [2.05, 4.69) is 41.9 Å². The Kier molecular flexibility index (Phi) is 3.69. The molecule has 23 heavy (non-hydrogen) atoms. The number of hydrogen-bond acceptors (Lipinski definition) is 3. The molecule has 116 valence electrons. The van der Waals surface area contributed by atoms with Crippen LogP contribution in [0.4, 0.5) is 0 Å². The quantitative estimate of drug-likeness (QED) is 0.588. The third kappa shape index (κ3) is 2.79. The highest BCUT2D eigenvalue weighted by molar-refractivity contribution is 9.10. The minimum atomic E-state index is -0.0459. The van der Waals surface area contributed by atoms with Crippen molar-refractivity contribution >= 4 is 43.3 Å². The number of fused-ring (bicyclic) bond motifs is 2. The summed E-state index contributed by atoms with van der Waals surface area (Å²) >= 11 is 6.85. The number of rotatable bonds is 1. The number of aromatic nitrogens is 3. The van der Waals surface area contributed by atoms with Crippen molar-refractivity contribution in [3.63, 3.8) is 0 Å². The maximum absolute atomic E-state index is 12.8. The van der Waals surface area contributed by atoms with Crippen molar-refractivity contribution in [2.24, 2.45) is 0 Å². The van der Waals surface area contributed by atoms with Gasteiger partial charge in [-0.1, -0.05) is 0 Å². The molecule has 1 aliphatic rings. The molecular formula is C16H12Br2N4O. The Hall–Kier alpha value is -1.73. The second-order valence-corrected chi connectivity index (χ2v) is 7.31. The Balaban J connectivity index is 1.63. The van der Waals surface area contributed by atoms with Crippen molar-refractivity contribution in [2.75, 3.05) is 6.54 Å². The van der Waals surface area contributed by atoms with E-state index >= 15 is 0 Å². The molecule has 0 radical (unpaired) electrons. The third-order valence-electron chi connectivity index (χ3n) is 3.94. The number of hydrogen-bond donors (Lipinski definition) is 0. The molecule has 3 aromatic heterocycles. The molecule has 1 aliphatic heterocycles. The fourth-order valence-corrected chi connectivity index (χ4v) is 3.50. The standard InChI is InChI=1S/C16H12Br2N4O/c17-11-1-2-13-6-15(20-22(13)9-11)16(23)21-4-3-14-10(8-21)5-12(18)7-19-14/h1-2,5-7,9H,3-4,8H2. The van der Waals surface area contributed by atoms with E-state index < -0.39 is 0 Å². The van der Waals surface area contributed by atoms with Gasteiger partial charge in [-0.3, -0.25) is 9.78 Å². The van der Waals surface area contributed by atoms with E-state index in [9.17, 15) is 4.79 Å². The predicted molar refractivity (Wildman–Crippen MR) is 93.3 cm³/mol. The average molecular weight is 436 g/mol. The lowest BCUT2D eigenvalue weighted by Gasteiger charge is -2.27. The van der Waals surface area contributed by atoms with E-state index in [0.717, 1.165) is 32.1 Å². The lowest BCUT2D eigenvalue weighted by Crippen LogP contribution is -2.36. The highest BCUT2D eigenvalue weighted by Crippen LogP contribution is 2.22. The van der Waals surface area contributed by atoms with Gasteiger partial charge >= 0.3 is 0 Å². The van der Waals surface area contributed by atoms with Gasteiger partial charge in [0.2, 0.25) is 0 Å². The van der Waals surface area contributed by atoms with Gasteiger partial charge in [0.1, 0.15) is 0 Å². The Bertz CT molecular complexity index is 922. The van der Waals surface area contributed by atoms with E-state index in [4.69, 9.17) is 0 Å². The SMILES string of the molecule is O=C(c1cc2ccc(Br)cn2n1)N1CCc2ncc(Br)cc2C1. The monoisotopic (exact) mass is 434 g/mol. The van der Waals surface area contributed by atoms with E-state index in [1.54, 1.807) is 10.7 Å². The molecule has 0 aromatic carbocycles. The lowest BCUT2D eigenvalue weighted by atomic mass is 10.1. The highest BCUT2D eigenvalue weighted by atomic mass is 79.9. The molecule has 0 aliphatic carbocycles. The first-order valence-electron chi connectivity index (χ1n) is 7.18. The van der Waals surface area contributed by atoms with E-state index in [-0.39, 0.29) is 5.91 Å². The van der Waals surface area contributed by atoms with Gasteiger partial charge in [0.05, 0.1) is 5.52 Å². The molecule has 0 fully saturated rings. The Labute approximate surface area is 149 Å². The van der Waals surface area contributed by atoms with Gasteiger partial charge in [-0.15, -0.1) is 0 Å². The summed E-state index contributed by atoms with van der Waals surface area (Å²) in [6.07, 6.45) is 4.42. The van der Waals surface area contributed by atoms with Crippen molar-refractivity contribution in [3.8, 4) is 0 Å². The van der Waals surface area contributed by atoms with Crippen LogP contribution in [-0.2, 0) is 13.0 Å².